The first-order valence-corrected chi connectivity index (χ1v) is 10.9. The van der Waals surface area contributed by atoms with Gasteiger partial charge in [-0.25, -0.2) is 0 Å². The Kier molecular flexibility index (Phi) is 9.30. The van der Waals surface area contributed by atoms with Crippen molar-refractivity contribution in [1.29, 1.82) is 0 Å². The van der Waals surface area contributed by atoms with Crippen LogP contribution >= 0.6 is 46.4 Å². The average Bonchev–Trinajstić information content (AvgIpc) is 2.71. The summed E-state index contributed by atoms with van der Waals surface area (Å²) in [7, 11) is 0. The molecule has 0 aliphatic heterocycles. The standard InChI is InChI=1S/C22H22Cl4O2/c1-2-3-4-5-6-7-8-18(27)14-9-11-15(12-10-14)22(28)16-13-17(23)20(25)21(26)19(16)24/h9-13H,2-8H2,1H3. The zero-order valence-corrected chi connectivity index (χ0v) is 18.7. The number of hydrogen-bond donors (Lipinski definition) is 0. The van der Waals surface area contributed by atoms with Crippen molar-refractivity contribution in [2.24, 2.45) is 0 Å². The highest BCUT2D eigenvalue weighted by molar-refractivity contribution is 6.53. The van der Waals surface area contributed by atoms with Crippen LogP contribution in [0.3, 0.4) is 0 Å². The molecule has 0 aromatic heterocycles. The summed E-state index contributed by atoms with van der Waals surface area (Å²) in [5, 5.41) is 0.375. The van der Waals surface area contributed by atoms with Gasteiger partial charge in [0.15, 0.2) is 11.6 Å². The van der Waals surface area contributed by atoms with Crippen LogP contribution < -0.4 is 0 Å². The zero-order valence-electron chi connectivity index (χ0n) is 15.7. The van der Waals surface area contributed by atoms with Crippen LogP contribution in [-0.2, 0) is 0 Å². The van der Waals surface area contributed by atoms with Crippen LogP contribution in [0.25, 0.3) is 0 Å². The maximum absolute atomic E-state index is 12.7. The van der Waals surface area contributed by atoms with Gasteiger partial charge in [-0.05, 0) is 12.5 Å². The third-order valence-corrected chi connectivity index (χ3v) is 6.33. The summed E-state index contributed by atoms with van der Waals surface area (Å²) in [6.07, 6.45) is 7.33. The Labute approximate surface area is 186 Å². The molecule has 0 radical (unpaired) electrons. The molecule has 0 saturated heterocycles. The van der Waals surface area contributed by atoms with Gasteiger partial charge in [-0.15, -0.1) is 0 Å². The normalized spacial score (nSPS) is 10.9. The lowest BCUT2D eigenvalue weighted by atomic mass is 9.99. The Morgan fingerprint density at radius 1 is 0.750 bits per heavy atom. The molecular weight excluding hydrogens is 438 g/mol. The second-order valence-corrected chi connectivity index (χ2v) is 8.24. The van der Waals surface area contributed by atoms with Crippen molar-refractivity contribution in [3.63, 3.8) is 0 Å². The van der Waals surface area contributed by atoms with Gasteiger partial charge in [0.2, 0.25) is 0 Å². The van der Waals surface area contributed by atoms with Crippen LogP contribution in [-0.4, -0.2) is 11.6 Å². The van der Waals surface area contributed by atoms with Gasteiger partial charge in [-0.2, -0.15) is 0 Å². The van der Waals surface area contributed by atoms with Crippen molar-refractivity contribution in [2.75, 3.05) is 0 Å². The smallest absolute Gasteiger partial charge is 0.194 e. The highest BCUT2D eigenvalue weighted by atomic mass is 35.5. The molecule has 0 amide bonds. The second-order valence-electron chi connectivity index (χ2n) is 6.70. The number of carbonyl (C=O) groups is 2. The highest BCUT2D eigenvalue weighted by Gasteiger charge is 2.20. The molecule has 6 heteroatoms. The lowest BCUT2D eigenvalue weighted by Gasteiger charge is -2.09. The topological polar surface area (TPSA) is 34.1 Å². The van der Waals surface area contributed by atoms with Gasteiger partial charge in [0, 0.05) is 23.1 Å². The van der Waals surface area contributed by atoms with Crippen LogP contribution in [0.1, 0.15) is 78.1 Å². The van der Waals surface area contributed by atoms with E-state index >= 15 is 0 Å². The van der Waals surface area contributed by atoms with Crippen LogP contribution in [0.5, 0.6) is 0 Å². The summed E-state index contributed by atoms with van der Waals surface area (Å²) >= 11 is 24.1. The number of benzene rings is 2. The first kappa shape index (κ1) is 23.2. The molecule has 0 spiro atoms. The van der Waals surface area contributed by atoms with Gasteiger partial charge in [0.1, 0.15) is 0 Å². The number of carbonyl (C=O) groups excluding carboxylic acids is 2. The Bertz CT molecular complexity index is 845. The molecule has 150 valence electrons. The molecule has 0 unspecified atom stereocenters. The van der Waals surface area contributed by atoms with Gasteiger partial charge >= 0.3 is 0 Å². The minimum Gasteiger partial charge on any atom is -0.294 e. The lowest BCUT2D eigenvalue weighted by molar-refractivity contribution is 0.0977. The van der Waals surface area contributed by atoms with E-state index in [4.69, 9.17) is 46.4 Å². The molecule has 0 fully saturated rings. The van der Waals surface area contributed by atoms with E-state index in [0.29, 0.717) is 17.5 Å². The van der Waals surface area contributed by atoms with E-state index in [1.807, 2.05) is 0 Å². The van der Waals surface area contributed by atoms with Gasteiger partial charge in [-0.3, -0.25) is 9.59 Å². The fraction of sp³-hybridized carbons (Fsp3) is 0.364. The molecule has 28 heavy (non-hydrogen) atoms. The Hall–Kier alpha value is -1.06. The average molecular weight is 460 g/mol. The molecule has 0 aliphatic carbocycles. The zero-order chi connectivity index (χ0) is 20.7. The van der Waals surface area contributed by atoms with Crippen LogP contribution in [0.2, 0.25) is 20.1 Å². The summed E-state index contributed by atoms with van der Waals surface area (Å²) in [5.41, 5.74) is 1.17. The van der Waals surface area contributed by atoms with E-state index in [0.717, 1.165) is 12.8 Å². The summed E-state index contributed by atoms with van der Waals surface area (Å²) in [6.45, 7) is 2.18. The van der Waals surface area contributed by atoms with E-state index in [-0.39, 0.29) is 37.2 Å². The maximum Gasteiger partial charge on any atom is 0.194 e. The first-order valence-electron chi connectivity index (χ1n) is 9.37. The monoisotopic (exact) mass is 458 g/mol. The van der Waals surface area contributed by atoms with Crippen LogP contribution in [0.15, 0.2) is 30.3 Å². The second kappa shape index (κ2) is 11.2. The molecule has 0 aliphatic rings. The summed E-state index contributed by atoms with van der Waals surface area (Å²) in [4.78, 5) is 25.0. The molecular formula is C22H22Cl4O2. The number of rotatable bonds is 10. The van der Waals surface area contributed by atoms with Gasteiger partial charge < -0.3 is 0 Å². The number of Topliss-reactive ketones (excluding diaryl/α,β-unsaturated/α-hetero) is 1. The third kappa shape index (κ3) is 5.97. The fourth-order valence-electron chi connectivity index (χ4n) is 2.91. The summed E-state index contributed by atoms with van der Waals surface area (Å²) in [6, 6.07) is 7.96. The molecule has 0 saturated carbocycles. The van der Waals surface area contributed by atoms with E-state index in [1.165, 1.54) is 31.7 Å². The van der Waals surface area contributed by atoms with E-state index < -0.39 is 0 Å². The lowest BCUT2D eigenvalue weighted by Crippen LogP contribution is -2.05. The van der Waals surface area contributed by atoms with Crippen LogP contribution in [0, 0.1) is 0 Å². The van der Waals surface area contributed by atoms with Crippen molar-refractivity contribution in [3.05, 3.63) is 67.1 Å². The molecule has 0 atom stereocenters. The Morgan fingerprint density at radius 2 is 1.32 bits per heavy atom. The van der Waals surface area contributed by atoms with E-state index in [9.17, 15) is 9.59 Å². The third-order valence-electron chi connectivity index (χ3n) is 4.57. The minimum absolute atomic E-state index is 0.0462. The van der Waals surface area contributed by atoms with Crippen molar-refractivity contribution in [1.82, 2.24) is 0 Å². The first-order chi connectivity index (χ1) is 13.4. The predicted molar refractivity (Wildman–Crippen MR) is 119 cm³/mol. The van der Waals surface area contributed by atoms with Gasteiger partial charge in [0.25, 0.3) is 0 Å². The fourth-order valence-corrected chi connectivity index (χ4v) is 3.80. The molecule has 0 bridgehead atoms. The van der Waals surface area contributed by atoms with E-state index in [1.54, 1.807) is 24.3 Å². The summed E-state index contributed by atoms with van der Waals surface area (Å²) in [5.74, 6) is -0.245. The van der Waals surface area contributed by atoms with Gasteiger partial charge in [0.05, 0.1) is 20.1 Å². The summed E-state index contributed by atoms with van der Waals surface area (Å²) < 4.78 is 0. The van der Waals surface area contributed by atoms with Crippen molar-refractivity contribution in [3.8, 4) is 0 Å². The molecule has 0 heterocycles. The number of hydrogen-bond acceptors (Lipinski definition) is 2. The highest BCUT2D eigenvalue weighted by Crippen LogP contribution is 2.38. The molecule has 2 nitrogen and oxygen atoms in total. The van der Waals surface area contributed by atoms with E-state index in [2.05, 4.69) is 6.92 Å². The SMILES string of the molecule is CCCCCCCCC(=O)c1ccc(C(=O)c2cc(Cl)c(Cl)c(Cl)c2Cl)cc1. The Morgan fingerprint density at radius 3 is 1.96 bits per heavy atom. The largest absolute Gasteiger partial charge is 0.294 e. The van der Waals surface area contributed by atoms with Crippen molar-refractivity contribution < 1.29 is 9.59 Å². The quantitative estimate of drug-likeness (QED) is 0.154. The number of ketones is 2. The van der Waals surface area contributed by atoms with Crippen LogP contribution in [0.4, 0.5) is 0 Å². The Balaban J connectivity index is 2.02. The molecule has 2 aromatic carbocycles. The molecule has 0 N–H and O–H groups in total. The van der Waals surface area contributed by atoms with Crippen molar-refractivity contribution >= 4 is 58.0 Å². The van der Waals surface area contributed by atoms with Gasteiger partial charge in [-0.1, -0.05) is 110 Å². The predicted octanol–water partition coefficient (Wildman–Crippen LogP) is 8.46. The number of halogens is 4. The van der Waals surface area contributed by atoms with Crippen molar-refractivity contribution in [2.45, 2.75) is 51.9 Å². The molecule has 2 aromatic rings. The minimum atomic E-state index is -0.333. The maximum atomic E-state index is 12.7. The number of unbranched alkanes of at least 4 members (excludes halogenated alkanes) is 5. The molecule has 2 rings (SSSR count).